The molecule has 1 fully saturated rings. The number of rotatable bonds is 4. The highest BCUT2D eigenvalue weighted by molar-refractivity contribution is 7.71. The van der Waals surface area contributed by atoms with Gasteiger partial charge in [-0.25, -0.2) is 4.68 Å². The Morgan fingerprint density at radius 1 is 1.17 bits per heavy atom. The zero-order valence-corrected chi connectivity index (χ0v) is 14.3. The molecule has 2 heterocycles. The van der Waals surface area contributed by atoms with Gasteiger partial charge in [-0.2, -0.15) is 4.98 Å². The molecule has 0 radical (unpaired) electrons. The van der Waals surface area contributed by atoms with E-state index in [1.165, 1.54) is 0 Å². The van der Waals surface area contributed by atoms with E-state index in [-0.39, 0.29) is 0 Å². The first-order chi connectivity index (χ1) is 11.2. The molecule has 0 aliphatic carbocycles. The number of hydrogen-bond donors (Lipinski definition) is 1. The number of piperazine rings is 1. The Kier molecular flexibility index (Phi) is 5.13. The predicted molar refractivity (Wildman–Crippen MR) is 94.7 cm³/mol. The van der Waals surface area contributed by atoms with Crippen molar-refractivity contribution in [1.29, 1.82) is 0 Å². The molecule has 1 aliphatic heterocycles. The highest BCUT2D eigenvalue weighted by Gasteiger charge is 2.17. The first kappa shape index (κ1) is 16.2. The Bertz CT molecular complexity index is 750. The van der Waals surface area contributed by atoms with Crippen molar-refractivity contribution in [3.05, 3.63) is 34.1 Å². The fraction of sp³-hybridized carbons (Fsp3) is 0.375. The molecule has 1 saturated heterocycles. The molecule has 0 unspecified atom stereocenters. The third-order valence-corrected chi connectivity index (χ3v) is 4.48. The number of terminal acetylenes is 1. The van der Waals surface area contributed by atoms with Crippen LogP contribution in [0.25, 0.3) is 11.4 Å². The highest BCUT2D eigenvalue weighted by atomic mass is 35.5. The van der Waals surface area contributed by atoms with Gasteiger partial charge in [0, 0.05) is 36.8 Å². The number of benzene rings is 1. The van der Waals surface area contributed by atoms with Crippen molar-refractivity contribution in [2.45, 2.75) is 6.67 Å². The first-order valence-corrected chi connectivity index (χ1v) is 8.25. The largest absolute Gasteiger partial charge is 0.290 e. The standard InChI is InChI=1S/C16H18ClN5S/c1-2-7-20-8-10-21(11-9-20)12-22-16(23)18-15(19-22)13-3-5-14(17)6-4-13/h1,3-6H,7-12H2,(H,18,19,23). The van der Waals surface area contributed by atoms with Crippen molar-refractivity contribution in [3.63, 3.8) is 0 Å². The van der Waals surface area contributed by atoms with E-state index >= 15 is 0 Å². The maximum Gasteiger partial charge on any atom is 0.217 e. The third-order valence-electron chi connectivity index (χ3n) is 3.92. The molecule has 0 saturated carbocycles. The summed E-state index contributed by atoms with van der Waals surface area (Å²) in [6, 6.07) is 7.55. The van der Waals surface area contributed by atoms with Crippen LogP contribution in [0, 0.1) is 17.1 Å². The number of aromatic amines is 1. The number of aromatic nitrogens is 3. The van der Waals surface area contributed by atoms with Crippen LogP contribution in [0.4, 0.5) is 0 Å². The lowest BCUT2D eigenvalue weighted by molar-refractivity contribution is 0.111. The fourth-order valence-corrected chi connectivity index (χ4v) is 2.93. The number of halogens is 1. The van der Waals surface area contributed by atoms with Gasteiger partial charge in [0.1, 0.15) is 0 Å². The van der Waals surface area contributed by atoms with Crippen LogP contribution >= 0.6 is 23.8 Å². The SMILES string of the molecule is C#CCN1CCN(Cn2[nH]c(-c3ccc(Cl)cc3)nc2=S)CC1. The average molecular weight is 348 g/mol. The van der Waals surface area contributed by atoms with Crippen molar-refractivity contribution < 1.29 is 0 Å². The van der Waals surface area contributed by atoms with Gasteiger partial charge < -0.3 is 0 Å². The van der Waals surface area contributed by atoms with Crippen molar-refractivity contribution in [2.24, 2.45) is 0 Å². The quantitative estimate of drug-likeness (QED) is 0.681. The molecule has 1 aromatic carbocycles. The molecule has 0 bridgehead atoms. The predicted octanol–water partition coefficient (Wildman–Crippen LogP) is 2.47. The fourth-order valence-electron chi connectivity index (χ4n) is 2.61. The van der Waals surface area contributed by atoms with Gasteiger partial charge in [0.25, 0.3) is 0 Å². The van der Waals surface area contributed by atoms with E-state index in [1.807, 2.05) is 28.9 Å². The van der Waals surface area contributed by atoms with Crippen LogP contribution in [0.15, 0.2) is 24.3 Å². The van der Waals surface area contributed by atoms with E-state index in [4.69, 9.17) is 30.2 Å². The molecule has 1 N–H and O–H groups in total. The van der Waals surface area contributed by atoms with Crippen LogP contribution < -0.4 is 0 Å². The van der Waals surface area contributed by atoms with Gasteiger partial charge >= 0.3 is 0 Å². The summed E-state index contributed by atoms with van der Waals surface area (Å²) in [6.45, 7) is 5.34. The van der Waals surface area contributed by atoms with Crippen molar-refractivity contribution in [3.8, 4) is 23.7 Å². The molecule has 0 atom stereocenters. The number of nitrogens with zero attached hydrogens (tertiary/aromatic N) is 4. The summed E-state index contributed by atoms with van der Waals surface area (Å²) in [4.78, 5) is 9.06. The van der Waals surface area contributed by atoms with Crippen LogP contribution in [0.5, 0.6) is 0 Å². The van der Waals surface area contributed by atoms with Gasteiger partial charge in [-0.3, -0.25) is 14.9 Å². The molecule has 5 nitrogen and oxygen atoms in total. The van der Waals surface area contributed by atoms with Crippen LogP contribution in [-0.4, -0.2) is 57.3 Å². The molecule has 23 heavy (non-hydrogen) atoms. The van der Waals surface area contributed by atoms with Crippen LogP contribution in [0.2, 0.25) is 5.02 Å². The molecule has 3 rings (SSSR count). The lowest BCUT2D eigenvalue weighted by Gasteiger charge is -2.33. The van der Waals surface area contributed by atoms with Crippen molar-refractivity contribution >= 4 is 23.8 Å². The maximum atomic E-state index is 5.92. The summed E-state index contributed by atoms with van der Waals surface area (Å²) in [6.07, 6.45) is 5.36. The monoisotopic (exact) mass is 347 g/mol. The van der Waals surface area contributed by atoms with E-state index in [0.29, 0.717) is 16.5 Å². The topological polar surface area (TPSA) is 40.1 Å². The number of H-pyrrole nitrogens is 1. The second kappa shape index (κ2) is 7.28. The minimum atomic E-state index is 0.556. The molecule has 1 aromatic heterocycles. The van der Waals surface area contributed by atoms with E-state index in [0.717, 1.165) is 44.1 Å². The summed E-state index contributed by atoms with van der Waals surface area (Å²) in [5.41, 5.74) is 0.970. The molecule has 120 valence electrons. The Labute approximate surface area is 145 Å². The second-order valence-electron chi connectivity index (χ2n) is 5.53. The van der Waals surface area contributed by atoms with Gasteiger partial charge in [0.2, 0.25) is 4.77 Å². The van der Waals surface area contributed by atoms with Gasteiger partial charge in [0.05, 0.1) is 13.2 Å². The normalized spacial score (nSPS) is 16.3. The lowest BCUT2D eigenvalue weighted by atomic mass is 10.2. The molecular formula is C16H18ClN5S. The van der Waals surface area contributed by atoms with Crippen LogP contribution in [0.3, 0.4) is 0 Å². The van der Waals surface area contributed by atoms with Crippen LogP contribution in [-0.2, 0) is 6.67 Å². The summed E-state index contributed by atoms with van der Waals surface area (Å²) < 4.78 is 2.46. The summed E-state index contributed by atoms with van der Waals surface area (Å²) in [5.74, 6) is 3.46. The van der Waals surface area contributed by atoms with Crippen molar-refractivity contribution in [1.82, 2.24) is 24.6 Å². The van der Waals surface area contributed by atoms with Crippen molar-refractivity contribution in [2.75, 3.05) is 32.7 Å². The van der Waals surface area contributed by atoms with Crippen LogP contribution in [0.1, 0.15) is 0 Å². The lowest BCUT2D eigenvalue weighted by Crippen LogP contribution is -2.46. The minimum Gasteiger partial charge on any atom is -0.290 e. The molecule has 7 heteroatoms. The summed E-state index contributed by atoms with van der Waals surface area (Å²) >= 11 is 11.3. The highest BCUT2D eigenvalue weighted by Crippen LogP contribution is 2.18. The van der Waals surface area contributed by atoms with E-state index in [2.05, 4.69) is 25.8 Å². The third kappa shape index (κ3) is 4.01. The zero-order valence-electron chi connectivity index (χ0n) is 12.7. The molecular weight excluding hydrogens is 330 g/mol. The van der Waals surface area contributed by atoms with Gasteiger partial charge in [-0.1, -0.05) is 17.5 Å². The van der Waals surface area contributed by atoms with Gasteiger partial charge in [-0.15, -0.1) is 6.42 Å². The Hall–Kier alpha value is -1.65. The van der Waals surface area contributed by atoms with E-state index < -0.39 is 0 Å². The number of hydrogen-bond acceptors (Lipinski definition) is 4. The van der Waals surface area contributed by atoms with Gasteiger partial charge in [-0.05, 0) is 36.5 Å². The Balaban J connectivity index is 1.67. The maximum absolute atomic E-state index is 5.92. The Morgan fingerprint density at radius 2 is 1.83 bits per heavy atom. The number of nitrogens with one attached hydrogen (secondary N) is 1. The zero-order chi connectivity index (χ0) is 16.2. The van der Waals surface area contributed by atoms with Gasteiger partial charge in [0.15, 0.2) is 5.82 Å². The minimum absolute atomic E-state index is 0.556. The Morgan fingerprint density at radius 3 is 2.48 bits per heavy atom. The average Bonchev–Trinajstić information content (AvgIpc) is 2.91. The molecule has 0 spiro atoms. The molecule has 0 amide bonds. The second-order valence-corrected chi connectivity index (χ2v) is 6.33. The first-order valence-electron chi connectivity index (χ1n) is 7.46. The van der Waals surface area contributed by atoms with E-state index in [1.54, 1.807) is 0 Å². The molecule has 2 aromatic rings. The summed E-state index contributed by atoms with van der Waals surface area (Å²) in [7, 11) is 0. The smallest absolute Gasteiger partial charge is 0.217 e. The molecule has 1 aliphatic rings. The summed E-state index contributed by atoms with van der Waals surface area (Å²) in [5, 5.41) is 3.98. The van der Waals surface area contributed by atoms with E-state index in [9.17, 15) is 0 Å².